The highest BCUT2D eigenvalue weighted by Crippen LogP contribution is 2.25. The summed E-state index contributed by atoms with van der Waals surface area (Å²) in [5.41, 5.74) is 1.61. The van der Waals surface area contributed by atoms with Crippen LogP contribution in [0, 0.1) is 0 Å². The first-order chi connectivity index (χ1) is 6.31. The van der Waals surface area contributed by atoms with Crippen molar-refractivity contribution in [1.82, 2.24) is 5.32 Å². The van der Waals surface area contributed by atoms with E-state index in [0.717, 1.165) is 16.5 Å². The lowest BCUT2D eigenvalue weighted by atomic mass is 10.1. The second kappa shape index (κ2) is 3.11. The number of fused-ring (bicyclic) bond motifs is 1. The fourth-order valence-electron chi connectivity index (χ4n) is 1.38. The molecule has 0 spiro atoms. The van der Waals surface area contributed by atoms with Crippen molar-refractivity contribution in [3.05, 3.63) is 30.0 Å². The minimum absolute atomic E-state index is 0.275. The number of hydrogen-bond acceptors (Lipinski definition) is 3. The molecule has 0 amide bonds. The molecule has 1 aromatic heterocycles. The first-order valence-corrected chi connectivity index (χ1v) is 4.15. The van der Waals surface area contributed by atoms with E-state index in [1.807, 2.05) is 19.2 Å². The molecule has 3 nitrogen and oxygen atoms in total. The largest absolute Gasteiger partial charge is 0.507 e. The maximum absolute atomic E-state index is 9.56. The van der Waals surface area contributed by atoms with Gasteiger partial charge in [-0.2, -0.15) is 0 Å². The van der Waals surface area contributed by atoms with E-state index in [1.165, 1.54) is 0 Å². The quantitative estimate of drug-likeness (QED) is 0.735. The lowest BCUT2D eigenvalue weighted by Crippen LogP contribution is -2.04. The fraction of sp³-hybridized carbons (Fsp3) is 0.200. The van der Waals surface area contributed by atoms with Gasteiger partial charge in [0, 0.05) is 23.6 Å². The second-order valence-corrected chi connectivity index (χ2v) is 2.97. The van der Waals surface area contributed by atoms with Gasteiger partial charge in [-0.15, -0.1) is 0 Å². The standard InChI is InChI=1S/C10H11NO2/c1-11-6-8-4-7-2-3-13-10(7)5-9(8)12/h2-5,11-12H,6H2,1H3. The monoisotopic (exact) mass is 177 g/mol. The molecular weight excluding hydrogens is 166 g/mol. The molecule has 1 heterocycles. The molecule has 0 aliphatic rings. The Bertz CT molecular complexity index is 420. The van der Waals surface area contributed by atoms with Crippen molar-refractivity contribution in [3.63, 3.8) is 0 Å². The van der Waals surface area contributed by atoms with Crippen LogP contribution in [0.3, 0.4) is 0 Å². The second-order valence-electron chi connectivity index (χ2n) is 2.97. The minimum atomic E-state index is 0.275. The van der Waals surface area contributed by atoms with Crippen LogP contribution in [0.15, 0.2) is 28.9 Å². The van der Waals surface area contributed by atoms with Crippen molar-refractivity contribution in [2.24, 2.45) is 0 Å². The van der Waals surface area contributed by atoms with E-state index in [1.54, 1.807) is 12.3 Å². The Hall–Kier alpha value is -1.48. The van der Waals surface area contributed by atoms with Crippen LogP contribution in [-0.2, 0) is 6.54 Å². The summed E-state index contributed by atoms with van der Waals surface area (Å²) in [7, 11) is 1.85. The number of aromatic hydroxyl groups is 1. The van der Waals surface area contributed by atoms with Crippen LogP contribution in [0.5, 0.6) is 5.75 Å². The Morgan fingerprint density at radius 3 is 3.08 bits per heavy atom. The summed E-state index contributed by atoms with van der Waals surface area (Å²) in [5, 5.41) is 13.6. The van der Waals surface area contributed by atoms with E-state index in [9.17, 15) is 5.11 Å². The molecule has 1 aromatic carbocycles. The maximum atomic E-state index is 9.56. The Morgan fingerprint density at radius 1 is 1.46 bits per heavy atom. The minimum Gasteiger partial charge on any atom is -0.507 e. The van der Waals surface area contributed by atoms with Gasteiger partial charge < -0.3 is 14.8 Å². The Labute approximate surface area is 76.0 Å². The van der Waals surface area contributed by atoms with E-state index in [0.29, 0.717) is 6.54 Å². The third-order valence-electron chi connectivity index (χ3n) is 2.02. The highest BCUT2D eigenvalue weighted by atomic mass is 16.3. The molecule has 0 aliphatic heterocycles. The molecule has 13 heavy (non-hydrogen) atoms. The zero-order valence-electron chi connectivity index (χ0n) is 7.37. The SMILES string of the molecule is CNCc1cc2ccoc2cc1O. The molecule has 0 saturated heterocycles. The molecule has 0 unspecified atom stereocenters. The average Bonchev–Trinajstić information content (AvgIpc) is 2.52. The Balaban J connectivity index is 2.56. The molecule has 2 N–H and O–H groups in total. The molecule has 2 rings (SSSR count). The number of hydrogen-bond donors (Lipinski definition) is 2. The van der Waals surface area contributed by atoms with E-state index in [-0.39, 0.29) is 5.75 Å². The topological polar surface area (TPSA) is 45.4 Å². The molecule has 0 atom stereocenters. The predicted octanol–water partition coefficient (Wildman–Crippen LogP) is 1.86. The van der Waals surface area contributed by atoms with Crippen LogP contribution in [0.2, 0.25) is 0 Å². The summed E-state index contributed by atoms with van der Waals surface area (Å²) in [6.07, 6.45) is 1.62. The van der Waals surface area contributed by atoms with Crippen LogP contribution >= 0.6 is 0 Å². The summed E-state index contributed by atoms with van der Waals surface area (Å²) in [4.78, 5) is 0. The predicted molar refractivity (Wildman–Crippen MR) is 50.6 cm³/mol. The smallest absolute Gasteiger partial charge is 0.137 e. The number of phenols is 1. The third-order valence-corrected chi connectivity index (χ3v) is 2.02. The van der Waals surface area contributed by atoms with Gasteiger partial charge in [0.25, 0.3) is 0 Å². The molecule has 2 aromatic rings. The summed E-state index contributed by atoms with van der Waals surface area (Å²) >= 11 is 0. The van der Waals surface area contributed by atoms with Gasteiger partial charge >= 0.3 is 0 Å². The van der Waals surface area contributed by atoms with Gasteiger partial charge in [-0.25, -0.2) is 0 Å². The van der Waals surface area contributed by atoms with E-state index in [4.69, 9.17) is 4.42 Å². The highest BCUT2D eigenvalue weighted by molar-refractivity contribution is 5.79. The van der Waals surface area contributed by atoms with Crippen molar-refractivity contribution in [2.45, 2.75) is 6.54 Å². The van der Waals surface area contributed by atoms with Gasteiger partial charge in [0.15, 0.2) is 0 Å². The first-order valence-electron chi connectivity index (χ1n) is 4.15. The molecule has 0 saturated carbocycles. The van der Waals surface area contributed by atoms with Crippen molar-refractivity contribution < 1.29 is 9.52 Å². The molecule has 3 heteroatoms. The number of phenolic OH excluding ortho intramolecular Hbond substituents is 1. The van der Waals surface area contributed by atoms with Gasteiger partial charge in [0.1, 0.15) is 11.3 Å². The van der Waals surface area contributed by atoms with Crippen molar-refractivity contribution >= 4 is 11.0 Å². The van der Waals surface area contributed by atoms with Crippen LogP contribution in [-0.4, -0.2) is 12.2 Å². The zero-order chi connectivity index (χ0) is 9.26. The van der Waals surface area contributed by atoms with Crippen LogP contribution in [0.25, 0.3) is 11.0 Å². The summed E-state index contributed by atoms with van der Waals surface area (Å²) < 4.78 is 5.15. The van der Waals surface area contributed by atoms with Crippen LogP contribution in [0.4, 0.5) is 0 Å². The van der Waals surface area contributed by atoms with Crippen molar-refractivity contribution in [1.29, 1.82) is 0 Å². The normalized spacial score (nSPS) is 10.8. The molecule has 0 radical (unpaired) electrons. The highest BCUT2D eigenvalue weighted by Gasteiger charge is 2.04. The van der Waals surface area contributed by atoms with Gasteiger partial charge in [0.2, 0.25) is 0 Å². The number of nitrogens with one attached hydrogen (secondary N) is 1. The first kappa shape index (κ1) is 8.13. The summed E-state index contributed by atoms with van der Waals surface area (Å²) in [6, 6.07) is 5.45. The summed E-state index contributed by atoms with van der Waals surface area (Å²) in [5.74, 6) is 0.275. The van der Waals surface area contributed by atoms with Crippen LogP contribution in [0.1, 0.15) is 5.56 Å². The summed E-state index contributed by atoms with van der Waals surface area (Å²) in [6.45, 7) is 0.660. The Morgan fingerprint density at radius 2 is 2.31 bits per heavy atom. The van der Waals surface area contributed by atoms with Gasteiger partial charge in [-0.1, -0.05) is 0 Å². The lowest BCUT2D eigenvalue weighted by Gasteiger charge is -2.02. The average molecular weight is 177 g/mol. The molecule has 0 bridgehead atoms. The molecule has 68 valence electrons. The zero-order valence-corrected chi connectivity index (χ0v) is 7.37. The number of rotatable bonds is 2. The van der Waals surface area contributed by atoms with Gasteiger partial charge in [-0.05, 0) is 19.2 Å². The van der Waals surface area contributed by atoms with E-state index in [2.05, 4.69) is 5.32 Å². The Kier molecular flexibility index (Phi) is 1.94. The van der Waals surface area contributed by atoms with Gasteiger partial charge in [-0.3, -0.25) is 0 Å². The van der Waals surface area contributed by atoms with Crippen molar-refractivity contribution in [2.75, 3.05) is 7.05 Å². The van der Waals surface area contributed by atoms with Crippen LogP contribution < -0.4 is 5.32 Å². The number of furan rings is 1. The molecule has 0 aliphatic carbocycles. The third kappa shape index (κ3) is 1.38. The lowest BCUT2D eigenvalue weighted by molar-refractivity contribution is 0.465. The van der Waals surface area contributed by atoms with Gasteiger partial charge in [0.05, 0.1) is 6.26 Å². The van der Waals surface area contributed by atoms with E-state index >= 15 is 0 Å². The molecular formula is C10H11NO2. The van der Waals surface area contributed by atoms with E-state index < -0.39 is 0 Å². The maximum Gasteiger partial charge on any atom is 0.137 e. The fourth-order valence-corrected chi connectivity index (χ4v) is 1.38. The molecule has 0 fully saturated rings. The number of benzene rings is 1. The van der Waals surface area contributed by atoms with Crippen molar-refractivity contribution in [3.8, 4) is 5.75 Å².